The third-order valence-corrected chi connectivity index (χ3v) is 14.9. The van der Waals surface area contributed by atoms with Crippen LogP contribution in [0.5, 0.6) is 23.0 Å². The zero-order valence-corrected chi connectivity index (χ0v) is 42.6. The van der Waals surface area contributed by atoms with E-state index < -0.39 is 63.7 Å². The first-order valence-corrected chi connectivity index (χ1v) is 25.2. The van der Waals surface area contributed by atoms with Gasteiger partial charge in [-0.1, -0.05) is 41.0 Å². The standard InChI is InChI=1S/C47H42B3ClN7O15S2/c1-26-52-33(23-74-26)38(54-73-35(46(63)71-48)18-50-70-25-59)42(60)53-39-44(62)58-40(47(64)72-49)29(24-75(65)45(39)58)19-56-16-14-55-15-17-57(20-36(55)56)43(61)32-12-13-34(68-21-27-4-8-30(66-2)9-5-27)41(37(32)51)69-22-28-6-10-31(67-3)11-7-28/h4-14,16,23,25,35,39,45H,15,17-22,24H2,1-3H3/p+1/b54-38-/t35-,39+,45+,75?/m0/s1. The van der Waals surface area contributed by atoms with Crippen molar-refractivity contribution >= 4 is 99.2 Å². The fourth-order valence-electron chi connectivity index (χ4n) is 8.23. The van der Waals surface area contributed by atoms with E-state index in [-0.39, 0.29) is 78.1 Å². The highest BCUT2D eigenvalue weighted by Gasteiger charge is 2.58. The molecule has 3 aliphatic rings. The highest BCUT2D eigenvalue weighted by Crippen LogP contribution is 2.40. The minimum atomic E-state index is -1.94. The third kappa shape index (κ3) is 11.8. The first kappa shape index (κ1) is 53.7. The second kappa shape index (κ2) is 24.1. The number of carbonyl (C=O) groups is 6. The van der Waals surface area contributed by atoms with Gasteiger partial charge in [0.05, 0.1) is 52.9 Å². The number of hydrogen-bond donors (Lipinski definition) is 1. The van der Waals surface area contributed by atoms with Gasteiger partial charge in [-0.25, -0.2) is 23.7 Å². The molecule has 3 amide bonds. The number of nitrogens with zero attached hydrogens (tertiary/aromatic N) is 6. The van der Waals surface area contributed by atoms with Crippen molar-refractivity contribution in [2.75, 3.05) is 26.5 Å². The molecule has 1 fully saturated rings. The quantitative estimate of drug-likeness (QED) is 0.0198. The number of oxime groups is 1. The maximum Gasteiger partial charge on any atom is 0.378 e. The summed E-state index contributed by atoms with van der Waals surface area (Å²) in [5.74, 6) is -2.32. The Labute approximate surface area is 443 Å². The van der Waals surface area contributed by atoms with Crippen LogP contribution in [-0.4, -0.2) is 133 Å². The molecule has 0 saturated carbocycles. The molecule has 5 radical (unpaired) electrons. The number of halogens is 1. The Hall–Kier alpha value is -7.64. The van der Waals surface area contributed by atoms with Gasteiger partial charge >= 0.3 is 35.5 Å². The maximum atomic E-state index is 14.5. The van der Waals surface area contributed by atoms with Crippen LogP contribution in [0, 0.1) is 6.92 Å². The SMILES string of the molecule is [B]OC(=O)C1=C(Cn2cc[n+]3c2CN(C(=O)c2ccc(OCc4ccc(OC)cc4)c(OCc4ccc(OC)cc4)c2Cl)CC3)CS(=O)[C@@H]2[C@H](NC(=O)/C(=N\O[C@@H](C[B]OC=O)C(=O)O[B])c3csc(C)n3)C(=O)N12. The number of aromatic nitrogens is 3. The molecule has 383 valence electrons. The zero-order valence-electron chi connectivity index (χ0n) is 40.2. The fraction of sp³-hybridized carbons (Fsp3) is 0.298. The number of methoxy groups -OCH3 is 2. The van der Waals surface area contributed by atoms with Crippen molar-refractivity contribution in [2.45, 2.75) is 63.6 Å². The van der Waals surface area contributed by atoms with Gasteiger partial charge in [-0.05, 0) is 54.4 Å². The summed E-state index contributed by atoms with van der Waals surface area (Å²) in [6, 6.07) is 16.4. The first-order chi connectivity index (χ1) is 36.3. The van der Waals surface area contributed by atoms with E-state index in [1.807, 2.05) is 41.0 Å². The highest BCUT2D eigenvalue weighted by molar-refractivity contribution is 7.86. The van der Waals surface area contributed by atoms with Gasteiger partial charge in [0.25, 0.3) is 30.0 Å². The normalized spacial score (nSPS) is 17.3. The smallest absolute Gasteiger partial charge is 0.378 e. The van der Waals surface area contributed by atoms with Crippen molar-refractivity contribution in [1.82, 2.24) is 24.7 Å². The minimum Gasteiger partial charge on any atom is -0.541 e. The van der Waals surface area contributed by atoms with E-state index in [4.69, 9.17) is 51.5 Å². The summed E-state index contributed by atoms with van der Waals surface area (Å²) < 4.78 is 54.2. The van der Waals surface area contributed by atoms with E-state index in [1.165, 1.54) is 5.38 Å². The molecule has 8 rings (SSSR count). The number of hydrogen-bond acceptors (Lipinski definition) is 18. The molecule has 22 nitrogen and oxygen atoms in total. The fourth-order valence-corrected chi connectivity index (χ4v) is 10.8. The van der Waals surface area contributed by atoms with E-state index in [0.717, 1.165) is 34.8 Å². The average molecular weight is 1080 g/mol. The lowest BCUT2D eigenvalue weighted by atomic mass is 9.91. The molecular weight excluding hydrogens is 1030 g/mol. The van der Waals surface area contributed by atoms with Crippen molar-refractivity contribution < 1.29 is 75.3 Å². The zero-order chi connectivity index (χ0) is 53.3. The molecular formula is C47H43B3ClN7O15S2+. The molecule has 1 unspecified atom stereocenters. The number of thiazole rings is 1. The lowest BCUT2D eigenvalue weighted by Gasteiger charge is -2.49. The number of ether oxygens (including phenoxy) is 4. The summed E-state index contributed by atoms with van der Waals surface area (Å²) in [7, 11) is 12.6. The van der Waals surface area contributed by atoms with E-state index in [9.17, 15) is 33.0 Å². The molecule has 75 heavy (non-hydrogen) atoms. The van der Waals surface area contributed by atoms with E-state index in [0.29, 0.717) is 41.2 Å². The minimum absolute atomic E-state index is 0.00836. The molecule has 1 saturated heterocycles. The topological polar surface area (TPSA) is 246 Å². The lowest BCUT2D eigenvalue weighted by Crippen LogP contribution is -2.74. The molecule has 0 spiro atoms. The van der Waals surface area contributed by atoms with Gasteiger partial charge in [-0.2, -0.15) is 0 Å². The molecule has 28 heteroatoms. The van der Waals surface area contributed by atoms with E-state index in [1.54, 1.807) is 67.3 Å². The number of benzene rings is 3. The summed E-state index contributed by atoms with van der Waals surface area (Å²) >= 11 is 8.22. The number of nitrogens with one attached hydrogen (secondary N) is 1. The van der Waals surface area contributed by atoms with Crippen LogP contribution in [0.25, 0.3) is 0 Å². The van der Waals surface area contributed by atoms with Gasteiger partial charge in [-0.3, -0.25) is 28.3 Å². The van der Waals surface area contributed by atoms with Crippen LogP contribution in [0.15, 0.2) is 94.9 Å². The Balaban J connectivity index is 1.00. The van der Waals surface area contributed by atoms with Gasteiger partial charge in [0.2, 0.25) is 6.10 Å². The second-order valence-corrected chi connectivity index (χ2v) is 19.6. The van der Waals surface area contributed by atoms with Gasteiger partial charge in [0.1, 0.15) is 79.5 Å². The Kier molecular flexibility index (Phi) is 17.3. The number of carbonyl (C=O) groups excluding carboxylic acids is 6. The summed E-state index contributed by atoms with van der Waals surface area (Å²) in [6.07, 6.45) is 1.55. The van der Waals surface area contributed by atoms with Crippen molar-refractivity contribution in [3.63, 3.8) is 0 Å². The predicted molar refractivity (Wildman–Crippen MR) is 268 cm³/mol. The first-order valence-electron chi connectivity index (χ1n) is 22.6. The third-order valence-electron chi connectivity index (χ3n) is 12.0. The molecule has 0 aliphatic carbocycles. The maximum absolute atomic E-state index is 14.5. The van der Waals surface area contributed by atoms with Crippen LogP contribution in [-0.2, 0) is 86.4 Å². The molecule has 2 aromatic heterocycles. The van der Waals surface area contributed by atoms with Crippen LogP contribution < -0.4 is 28.8 Å². The Bertz CT molecular complexity index is 3090. The van der Waals surface area contributed by atoms with Crippen LogP contribution in [0.2, 0.25) is 11.3 Å². The van der Waals surface area contributed by atoms with Crippen LogP contribution in [0.1, 0.15) is 38.0 Å². The molecule has 3 aliphatic heterocycles. The van der Waals surface area contributed by atoms with E-state index in [2.05, 4.69) is 29.4 Å². The van der Waals surface area contributed by atoms with Crippen LogP contribution in [0.4, 0.5) is 0 Å². The predicted octanol–water partition coefficient (Wildman–Crippen LogP) is 1.95. The van der Waals surface area contributed by atoms with Crippen molar-refractivity contribution in [2.24, 2.45) is 5.16 Å². The molecule has 5 aromatic rings. The average Bonchev–Trinajstić information content (AvgIpc) is 4.06. The number of aryl methyl sites for hydroxylation is 1. The van der Waals surface area contributed by atoms with Gasteiger partial charge in [0.15, 0.2) is 17.2 Å². The summed E-state index contributed by atoms with van der Waals surface area (Å²) in [5.41, 5.74) is 1.24. The number of amides is 3. The molecule has 4 atom stereocenters. The van der Waals surface area contributed by atoms with Gasteiger partial charge in [0, 0.05) is 17.3 Å². The van der Waals surface area contributed by atoms with E-state index >= 15 is 0 Å². The summed E-state index contributed by atoms with van der Waals surface area (Å²) in [6.45, 7) is 2.64. The number of fused-ring (bicyclic) bond motifs is 2. The molecule has 1 N–H and O–H groups in total. The van der Waals surface area contributed by atoms with Crippen molar-refractivity contribution in [3.8, 4) is 23.0 Å². The summed E-state index contributed by atoms with van der Waals surface area (Å²) in [4.78, 5) is 90.8. The number of imidazole rings is 1. The number of β-lactam (4-membered cyclic amide) rings is 1. The Morgan fingerprint density at radius 1 is 1.01 bits per heavy atom. The van der Waals surface area contributed by atoms with Gasteiger partial charge < -0.3 is 48.0 Å². The highest BCUT2D eigenvalue weighted by atomic mass is 35.5. The number of rotatable bonds is 22. The summed E-state index contributed by atoms with van der Waals surface area (Å²) in [5, 5.41) is 7.08. The van der Waals surface area contributed by atoms with Gasteiger partial charge in [-0.15, -0.1) is 11.3 Å². The Morgan fingerprint density at radius 2 is 1.71 bits per heavy atom. The molecule has 0 bridgehead atoms. The monoisotopic (exact) mass is 1080 g/mol. The molecule has 3 aromatic carbocycles. The van der Waals surface area contributed by atoms with Crippen molar-refractivity contribution in [1.29, 1.82) is 0 Å². The van der Waals surface area contributed by atoms with Crippen molar-refractivity contribution in [3.05, 3.63) is 128 Å². The Morgan fingerprint density at radius 3 is 2.33 bits per heavy atom. The van der Waals surface area contributed by atoms with Crippen LogP contribution in [0.3, 0.4) is 0 Å². The van der Waals surface area contributed by atoms with Crippen LogP contribution >= 0.6 is 22.9 Å². The lowest BCUT2D eigenvalue weighted by molar-refractivity contribution is -0.710. The largest absolute Gasteiger partial charge is 0.541 e. The second-order valence-electron chi connectivity index (χ2n) is 16.6. The molecule has 5 heterocycles.